The molecule has 2 rings (SSSR count). The number of aryl methyl sites for hydroxylation is 1. The number of hydrogen-bond acceptors (Lipinski definition) is 3. The summed E-state index contributed by atoms with van der Waals surface area (Å²) < 4.78 is 13.2. The second-order valence-electron chi connectivity index (χ2n) is 4.56. The summed E-state index contributed by atoms with van der Waals surface area (Å²) in [6.45, 7) is 2.94. The van der Waals surface area contributed by atoms with Gasteiger partial charge in [0.25, 0.3) is 0 Å². The summed E-state index contributed by atoms with van der Waals surface area (Å²) in [5.41, 5.74) is 2.08. The first-order valence-corrected chi connectivity index (χ1v) is 7.46. The van der Waals surface area contributed by atoms with Crippen molar-refractivity contribution >= 4 is 34.9 Å². The van der Waals surface area contributed by atoms with E-state index in [1.165, 1.54) is 0 Å². The van der Waals surface area contributed by atoms with E-state index < -0.39 is 0 Å². The van der Waals surface area contributed by atoms with E-state index in [4.69, 9.17) is 33.3 Å². The van der Waals surface area contributed by atoms with Crippen molar-refractivity contribution in [1.29, 1.82) is 0 Å². The largest absolute Gasteiger partial charge is 0.382 e. The molecule has 0 aliphatic carbocycles. The lowest BCUT2D eigenvalue weighted by atomic mass is 10.3. The normalized spacial score (nSPS) is 11.3. The second-order valence-corrected chi connectivity index (χ2v) is 5.38. The van der Waals surface area contributed by atoms with Crippen LogP contribution in [0.2, 0.25) is 5.02 Å². The van der Waals surface area contributed by atoms with Gasteiger partial charge >= 0.3 is 0 Å². The van der Waals surface area contributed by atoms with E-state index in [1.807, 2.05) is 18.2 Å². The van der Waals surface area contributed by atoms with Crippen molar-refractivity contribution in [1.82, 2.24) is 9.55 Å². The van der Waals surface area contributed by atoms with Gasteiger partial charge in [0.15, 0.2) is 4.77 Å². The number of aromatic nitrogens is 2. The molecular formula is C14H19ClN2O2S. The smallest absolute Gasteiger partial charge is 0.178 e. The molecule has 2 aromatic rings. The first-order valence-electron chi connectivity index (χ1n) is 6.67. The predicted molar refractivity (Wildman–Crippen MR) is 84.1 cm³/mol. The molecule has 1 heterocycles. The van der Waals surface area contributed by atoms with Crippen LogP contribution in [0.5, 0.6) is 0 Å². The molecule has 0 saturated heterocycles. The Balaban J connectivity index is 1.87. The maximum absolute atomic E-state index is 5.98. The van der Waals surface area contributed by atoms with Crippen LogP contribution in [0.1, 0.15) is 12.8 Å². The summed E-state index contributed by atoms with van der Waals surface area (Å²) in [7, 11) is 1.67. The summed E-state index contributed by atoms with van der Waals surface area (Å²) in [4.78, 5) is 3.18. The minimum absolute atomic E-state index is 0.647. The monoisotopic (exact) mass is 314 g/mol. The van der Waals surface area contributed by atoms with Gasteiger partial charge in [-0.3, -0.25) is 0 Å². The third kappa shape index (κ3) is 4.06. The zero-order valence-corrected chi connectivity index (χ0v) is 13.1. The first kappa shape index (κ1) is 15.5. The highest BCUT2D eigenvalue weighted by Crippen LogP contribution is 2.19. The van der Waals surface area contributed by atoms with Crippen molar-refractivity contribution in [2.45, 2.75) is 19.4 Å². The molecule has 1 aromatic carbocycles. The van der Waals surface area contributed by atoms with Gasteiger partial charge in [-0.15, -0.1) is 0 Å². The summed E-state index contributed by atoms with van der Waals surface area (Å²) in [6, 6.07) is 5.78. The lowest BCUT2D eigenvalue weighted by Gasteiger charge is -2.06. The maximum Gasteiger partial charge on any atom is 0.178 e. The average Bonchev–Trinajstić information content (AvgIpc) is 2.73. The number of rotatable bonds is 8. The molecule has 1 N–H and O–H groups in total. The van der Waals surface area contributed by atoms with Crippen molar-refractivity contribution in [2.75, 3.05) is 26.9 Å². The Morgan fingerprint density at radius 1 is 1.25 bits per heavy atom. The number of imidazole rings is 1. The molecule has 110 valence electrons. The zero-order valence-electron chi connectivity index (χ0n) is 11.5. The number of benzene rings is 1. The van der Waals surface area contributed by atoms with Crippen LogP contribution in [0.3, 0.4) is 0 Å². The number of fused-ring (bicyclic) bond motifs is 1. The van der Waals surface area contributed by atoms with Gasteiger partial charge in [-0.1, -0.05) is 11.6 Å². The fourth-order valence-electron chi connectivity index (χ4n) is 2.08. The molecule has 0 bridgehead atoms. The summed E-state index contributed by atoms with van der Waals surface area (Å²) in [5, 5.41) is 0.715. The number of aromatic amines is 1. The highest BCUT2D eigenvalue weighted by Gasteiger charge is 2.04. The van der Waals surface area contributed by atoms with E-state index in [1.54, 1.807) is 7.11 Å². The zero-order chi connectivity index (χ0) is 14.4. The van der Waals surface area contributed by atoms with Crippen LogP contribution < -0.4 is 0 Å². The molecule has 4 nitrogen and oxygen atoms in total. The van der Waals surface area contributed by atoms with Crippen LogP contribution in [-0.4, -0.2) is 36.5 Å². The van der Waals surface area contributed by atoms with Gasteiger partial charge in [-0.05, 0) is 43.3 Å². The van der Waals surface area contributed by atoms with Gasteiger partial charge < -0.3 is 19.0 Å². The molecule has 0 aliphatic heterocycles. The van der Waals surface area contributed by atoms with Gasteiger partial charge in [-0.2, -0.15) is 0 Å². The molecule has 6 heteroatoms. The number of unbranched alkanes of at least 4 members (excludes halogenated alkanes) is 1. The van der Waals surface area contributed by atoms with Crippen molar-refractivity contribution in [3.8, 4) is 0 Å². The Kier molecular flexibility index (Phi) is 6.04. The van der Waals surface area contributed by atoms with Gasteiger partial charge in [-0.25, -0.2) is 0 Å². The van der Waals surface area contributed by atoms with Gasteiger partial charge in [0.1, 0.15) is 0 Å². The molecule has 0 saturated carbocycles. The molecule has 0 unspecified atom stereocenters. The van der Waals surface area contributed by atoms with Gasteiger partial charge in [0.05, 0.1) is 24.2 Å². The van der Waals surface area contributed by atoms with Crippen molar-refractivity contribution in [2.24, 2.45) is 0 Å². The minimum Gasteiger partial charge on any atom is -0.382 e. The summed E-state index contributed by atoms with van der Waals surface area (Å²) in [6.07, 6.45) is 2.03. The maximum atomic E-state index is 5.98. The minimum atomic E-state index is 0.647. The Morgan fingerprint density at radius 3 is 2.90 bits per heavy atom. The van der Waals surface area contributed by atoms with Crippen LogP contribution in [0.25, 0.3) is 11.0 Å². The van der Waals surface area contributed by atoms with Crippen LogP contribution in [-0.2, 0) is 16.0 Å². The van der Waals surface area contributed by atoms with Crippen LogP contribution >= 0.6 is 23.8 Å². The summed E-state index contributed by atoms with van der Waals surface area (Å²) in [5.74, 6) is 0. The van der Waals surface area contributed by atoms with E-state index in [9.17, 15) is 0 Å². The molecule has 0 radical (unpaired) electrons. The molecular weight excluding hydrogens is 296 g/mol. The van der Waals surface area contributed by atoms with E-state index >= 15 is 0 Å². The van der Waals surface area contributed by atoms with Gasteiger partial charge in [0, 0.05) is 25.3 Å². The van der Waals surface area contributed by atoms with E-state index in [0.717, 1.165) is 41.8 Å². The molecule has 0 fully saturated rings. The molecule has 1 aromatic heterocycles. The Bertz CT molecular complexity index is 609. The highest BCUT2D eigenvalue weighted by atomic mass is 35.5. The van der Waals surface area contributed by atoms with Crippen LogP contribution in [0, 0.1) is 4.77 Å². The third-order valence-electron chi connectivity index (χ3n) is 3.09. The Hall–Kier alpha value is -0.880. The van der Waals surface area contributed by atoms with Crippen molar-refractivity contribution in [3.63, 3.8) is 0 Å². The van der Waals surface area contributed by atoms with E-state index in [2.05, 4.69) is 9.55 Å². The van der Waals surface area contributed by atoms with E-state index in [-0.39, 0.29) is 0 Å². The Morgan fingerprint density at radius 2 is 2.10 bits per heavy atom. The number of ether oxygens (including phenoxy) is 2. The summed E-state index contributed by atoms with van der Waals surface area (Å²) >= 11 is 11.3. The predicted octanol–water partition coefficient (Wildman–Crippen LogP) is 3.80. The van der Waals surface area contributed by atoms with Crippen LogP contribution in [0.4, 0.5) is 0 Å². The number of methoxy groups -OCH3 is 1. The number of nitrogens with zero attached hydrogens (tertiary/aromatic N) is 1. The van der Waals surface area contributed by atoms with Crippen LogP contribution in [0.15, 0.2) is 18.2 Å². The number of hydrogen-bond donors (Lipinski definition) is 1. The highest BCUT2D eigenvalue weighted by molar-refractivity contribution is 7.71. The molecule has 0 spiro atoms. The topological polar surface area (TPSA) is 39.2 Å². The lowest BCUT2D eigenvalue weighted by molar-refractivity contribution is 0.0684. The quantitative estimate of drug-likeness (QED) is 0.595. The fourth-order valence-corrected chi connectivity index (χ4v) is 2.55. The molecule has 0 aliphatic rings. The number of H-pyrrole nitrogens is 1. The molecule has 20 heavy (non-hydrogen) atoms. The second kappa shape index (κ2) is 7.78. The SMILES string of the molecule is COCCOCCCCn1c(=S)[nH]c2cc(Cl)ccc21. The fraction of sp³-hybridized carbons (Fsp3) is 0.500. The van der Waals surface area contributed by atoms with Gasteiger partial charge in [0.2, 0.25) is 0 Å². The van der Waals surface area contributed by atoms with Crippen molar-refractivity contribution < 1.29 is 9.47 Å². The third-order valence-corrected chi connectivity index (χ3v) is 3.65. The first-order chi connectivity index (χ1) is 9.72. The lowest BCUT2D eigenvalue weighted by Crippen LogP contribution is -2.04. The number of nitrogens with one attached hydrogen (secondary N) is 1. The standard InChI is InChI=1S/C14H19ClN2O2S/c1-18-8-9-19-7-3-2-6-17-13-5-4-11(15)10-12(13)16-14(17)20/h4-5,10H,2-3,6-9H2,1H3,(H,16,20). The molecule has 0 amide bonds. The Labute approximate surface area is 128 Å². The average molecular weight is 315 g/mol. The number of halogens is 1. The van der Waals surface area contributed by atoms with Crippen molar-refractivity contribution in [3.05, 3.63) is 28.0 Å². The van der Waals surface area contributed by atoms with E-state index in [0.29, 0.717) is 18.2 Å². The molecule has 0 atom stereocenters.